The van der Waals surface area contributed by atoms with E-state index in [1.54, 1.807) is 23.5 Å². The highest BCUT2D eigenvalue weighted by atomic mass is 32.1. The van der Waals surface area contributed by atoms with Gasteiger partial charge in [-0.15, -0.1) is 11.3 Å². The van der Waals surface area contributed by atoms with Gasteiger partial charge in [0.25, 0.3) is 5.91 Å². The van der Waals surface area contributed by atoms with Gasteiger partial charge in [0.2, 0.25) is 0 Å². The Bertz CT molecular complexity index is 1140. The maximum absolute atomic E-state index is 13.3. The molecule has 0 spiro atoms. The molecule has 1 aliphatic heterocycles. The van der Waals surface area contributed by atoms with E-state index in [-0.39, 0.29) is 18.3 Å². The van der Waals surface area contributed by atoms with E-state index < -0.39 is 0 Å². The Morgan fingerprint density at radius 2 is 1.90 bits per heavy atom. The molecular formula is C23H22FN3O2S. The Hall–Kier alpha value is -2.93. The van der Waals surface area contributed by atoms with E-state index >= 15 is 0 Å². The zero-order valence-electron chi connectivity index (χ0n) is 16.4. The number of amides is 1. The fourth-order valence-electron chi connectivity index (χ4n) is 4.17. The number of nitrogens with zero attached hydrogens (tertiary/aromatic N) is 2. The van der Waals surface area contributed by atoms with Crippen LogP contribution in [0.2, 0.25) is 0 Å². The number of hydrogen-bond acceptors (Lipinski definition) is 4. The van der Waals surface area contributed by atoms with Gasteiger partial charge in [0.15, 0.2) is 11.4 Å². The first-order valence-corrected chi connectivity index (χ1v) is 11.1. The molecule has 0 unspecified atom stereocenters. The molecular weight excluding hydrogens is 401 g/mol. The number of rotatable bonds is 3. The molecule has 1 fully saturated rings. The number of fused-ring (bicyclic) bond motifs is 1. The van der Waals surface area contributed by atoms with Gasteiger partial charge in [-0.2, -0.15) is 0 Å². The smallest absolute Gasteiger partial charge is 0.262 e. The predicted octanol–water partition coefficient (Wildman–Crippen LogP) is 5.42. The minimum Gasteiger partial charge on any atom is -0.482 e. The zero-order chi connectivity index (χ0) is 20.5. The van der Waals surface area contributed by atoms with Crippen molar-refractivity contribution in [2.24, 2.45) is 4.99 Å². The third kappa shape index (κ3) is 3.77. The maximum Gasteiger partial charge on any atom is 0.262 e. The largest absolute Gasteiger partial charge is 0.482 e. The van der Waals surface area contributed by atoms with E-state index in [1.165, 1.54) is 31.4 Å². The monoisotopic (exact) mass is 423 g/mol. The van der Waals surface area contributed by atoms with Crippen molar-refractivity contribution >= 4 is 28.6 Å². The molecule has 30 heavy (non-hydrogen) atoms. The van der Waals surface area contributed by atoms with Crippen molar-refractivity contribution in [3.8, 4) is 17.0 Å². The number of thiazole rings is 1. The average Bonchev–Trinajstić information content (AvgIpc) is 3.19. The van der Waals surface area contributed by atoms with Crippen LogP contribution in [0.25, 0.3) is 11.3 Å². The van der Waals surface area contributed by atoms with Crippen LogP contribution in [-0.2, 0) is 4.79 Å². The Balaban J connectivity index is 1.62. The number of nitrogens with one attached hydrogen (secondary N) is 1. The van der Waals surface area contributed by atoms with Gasteiger partial charge in [0, 0.05) is 17.0 Å². The minimum atomic E-state index is -0.265. The van der Waals surface area contributed by atoms with E-state index in [0.29, 0.717) is 17.5 Å². The fraction of sp³-hybridized carbons (Fsp3) is 0.304. The summed E-state index contributed by atoms with van der Waals surface area (Å²) in [7, 11) is 0. The van der Waals surface area contributed by atoms with Crippen molar-refractivity contribution in [3.05, 3.63) is 58.5 Å². The van der Waals surface area contributed by atoms with Crippen molar-refractivity contribution in [2.45, 2.75) is 38.1 Å². The summed E-state index contributed by atoms with van der Waals surface area (Å²) >= 11 is 1.59. The molecule has 0 atom stereocenters. The third-order valence-corrected chi connectivity index (χ3v) is 6.48. The number of anilines is 1. The maximum atomic E-state index is 13.3. The number of benzene rings is 2. The van der Waals surface area contributed by atoms with Gasteiger partial charge < -0.3 is 14.6 Å². The quantitative estimate of drug-likeness (QED) is 0.611. The Kier molecular flexibility index (Phi) is 5.12. The summed E-state index contributed by atoms with van der Waals surface area (Å²) in [5.41, 5.74) is 3.53. The molecule has 1 aliphatic carbocycles. The molecule has 1 saturated carbocycles. The molecule has 2 aliphatic rings. The predicted molar refractivity (Wildman–Crippen MR) is 116 cm³/mol. The first kappa shape index (κ1) is 19.1. The standard InChI is InChI=1S/C23H22FN3O2S/c24-16-7-9-17(10-8-16)25-23-27(18-4-2-1-3-5-18)20(14-30-23)15-6-11-21-19(12-15)26-22(28)13-29-21/h6-12,14,18H,1-5,13H2,(H,26,28). The topological polar surface area (TPSA) is 55.6 Å². The highest BCUT2D eigenvalue weighted by molar-refractivity contribution is 7.07. The van der Waals surface area contributed by atoms with Gasteiger partial charge in [-0.3, -0.25) is 4.79 Å². The lowest BCUT2D eigenvalue weighted by atomic mass is 9.95. The lowest BCUT2D eigenvalue weighted by Crippen LogP contribution is -2.25. The van der Waals surface area contributed by atoms with Gasteiger partial charge >= 0.3 is 0 Å². The lowest BCUT2D eigenvalue weighted by Gasteiger charge is -2.26. The summed E-state index contributed by atoms with van der Waals surface area (Å²) in [6, 6.07) is 12.5. The molecule has 1 aromatic heterocycles. The normalized spacial score (nSPS) is 17.4. The van der Waals surface area contributed by atoms with Crippen LogP contribution < -0.4 is 14.9 Å². The summed E-state index contributed by atoms with van der Waals surface area (Å²) in [5, 5.41) is 5.01. The average molecular weight is 424 g/mol. The van der Waals surface area contributed by atoms with Crippen molar-refractivity contribution in [3.63, 3.8) is 0 Å². The number of carbonyl (C=O) groups is 1. The van der Waals surface area contributed by atoms with Gasteiger partial charge in [-0.1, -0.05) is 19.3 Å². The van der Waals surface area contributed by atoms with Crippen LogP contribution in [0.1, 0.15) is 38.1 Å². The molecule has 7 heteroatoms. The summed E-state index contributed by atoms with van der Waals surface area (Å²) < 4.78 is 21.1. The highest BCUT2D eigenvalue weighted by Crippen LogP contribution is 2.36. The molecule has 5 nitrogen and oxygen atoms in total. The summed E-state index contributed by atoms with van der Waals surface area (Å²) in [5.74, 6) is 0.283. The Morgan fingerprint density at radius 3 is 2.70 bits per heavy atom. The number of ether oxygens (including phenoxy) is 1. The molecule has 1 N–H and O–H groups in total. The SMILES string of the molecule is O=C1COc2ccc(-c3csc(=Nc4ccc(F)cc4)n3C3CCCCC3)cc2N1. The van der Waals surface area contributed by atoms with Crippen LogP contribution in [0.5, 0.6) is 5.75 Å². The molecule has 154 valence electrons. The van der Waals surface area contributed by atoms with E-state index in [1.807, 2.05) is 18.2 Å². The molecule has 3 aromatic rings. The van der Waals surface area contributed by atoms with Crippen LogP contribution >= 0.6 is 11.3 Å². The summed E-state index contributed by atoms with van der Waals surface area (Å²) in [6.07, 6.45) is 5.91. The van der Waals surface area contributed by atoms with Gasteiger partial charge in [-0.05, 0) is 55.3 Å². The van der Waals surface area contributed by atoms with Gasteiger partial charge in [0.05, 0.1) is 17.1 Å². The Labute approximate surface area is 177 Å². The van der Waals surface area contributed by atoms with Gasteiger partial charge in [0.1, 0.15) is 11.6 Å². The van der Waals surface area contributed by atoms with Crippen LogP contribution in [0, 0.1) is 5.82 Å². The first-order chi connectivity index (χ1) is 14.7. The fourth-order valence-corrected chi connectivity index (χ4v) is 5.16. The lowest BCUT2D eigenvalue weighted by molar-refractivity contribution is -0.118. The van der Waals surface area contributed by atoms with E-state index in [2.05, 4.69) is 15.3 Å². The number of halogens is 1. The second-order valence-corrected chi connectivity index (χ2v) is 8.54. The van der Waals surface area contributed by atoms with Crippen molar-refractivity contribution in [2.75, 3.05) is 11.9 Å². The first-order valence-electron chi connectivity index (χ1n) is 10.2. The van der Waals surface area contributed by atoms with Crippen molar-refractivity contribution in [1.29, 1.82) is 0 Å². The zero-order valence-corrected chi connectivity index (χ0v) is 17.3. The van der Waals surface area contributed by atoms with Crippen LogP contribution in [0.3, 0.4) is 0 Å². The summed E-state index contributed by atoms with van der Waals surface area (Å²) in [4.78, 5) is 17.5. The van der Waals surface area contributed by atoms with Crippen LogP contribution in [-0.4, -0.2) is 17.1 Å². The molecule has 1 amide bonds. The molecule has 5 rings (SSSR count). The molecule has 2 aromatic carbocycles. The van der Waals surface area contributed by atoms with Crippen molar-refractivity contribution in [1.82, 2.24) is 4.57 Å². The second-order valence-electron chi connectivity index (χ2n) is 7.70. The second kappa shape index (κ2) is 8.07. The third-order valence-electron chi connectivity index (χ3n) is 5.64. The number of aromatic nitrogens is 1. The molecule has 2 heterocycles. The Morgan fingerprint density at radius 1 is 1.10 bits per heavy atom. The number of hydrogen-bond donors (Lipinski definition) is 1. The molecule has 0 bridgehead atoms. The summed E-state index contributed by atoms with van der Waals surface area (Å²) in [6.45, 7) is 0.0492. The van der Waals surface area contributed by atoms with Crippen molar-refractivity contribution < 1.29 is 13.9 Å². The van der Waals surface area contributed by atoms with Gasteiger partial charge in [-0.25, -0.2) is 9.38 Å². The van der Waals surface area contributed by atoms with E-state index in [4.69, 9.17) is 9.73 Å². The molecule has 0 saturated heterocycles. The van der Waals surface area contributed by atoms with Crippen LogP contribution in [0.4, 0.5) is 15.8 Å². The molecule has 0 radical (unpaired) electrons. The van der Waals surface area contributed by atoms with E-state index in [0.717, 1.165) is 34.6 Å². The highest BCUT2D eigenvalue weighted by Gasteiger charge is 2.22. The minimum absolute atomic E-state index is 0.0492. The van der Waals surface area contributed by atoms with E-state index in [9.17, 15) is 9.18 Å². The van der Waals surface area contributed by atoms with Crippen LogP contribution in [0.15, 0.2) is 52.8 Å². The number of carbonyl (C=O) groups excluding carboxylic acids is 1.